The van der Waals surface area contributed by atoms with Crippen molar-refractivity contribution in [3.8, 4) is 6.01 Å². The molecule has 5 heteroatoms. The lowest BCUT2D eigenvalue weighted by Crippen LogP contribution is -2.11. The van der Waals surface area contributed by atoms with Gasteiger partial charge in [-0.15, -0.1) is 0 Å². The van der Waals surface area contributed by atoms with Gasteiger partial charge in [-0.2, -0.15) is 15.0 Å². The highest BCUT2D eigenvalue weighted by atomic mass is 16.5. The van der Waals surface area contributed by atoms with Crippen LogP contribution in [0.5, 0.6) is 6.01 Å². The van der Waals surface area contributed by atoms with Gasteiger partial charge in [-0.05, 0) is 18.8 Å². The molecule has 1 aromatic heterocycles. The number of hydrogen-bond donors (Lipinski definition) is 1. The second-order valence-corrected chi connectivity index (χ2v) is 4.73. The Bertz CT molecular complexity index is 329. The monoisotopic (exact) mass is 252 g/mol. The molecule has 1 N–H and O–H groups in total. The van der Waals surface area contributed by atoms with Crippen molar-refractivity contribution < 1.29 is 4.74 Å². The third-order valence-electron chi connectivity index (χ3n) is 2.22. The van der Waals surface area contributed by atoms with Gasteiger partial charge in [0.1, 0.15) is 5.82 Å². The Kier molecular flexibility index (Phi) is 6.39. The zero-order chi connectivity index (χ0) is 13.4. The third kappa shape index (κ3) is 5.29. The van der Waals surface area contributed by atoms with Crippen molar-refractivity contribution in [1.82, 2.24) is 15.0 Å². The first kappa shape index (κ1) is 14.7. The first-order valence-corrected chi connectivity index (χ1v) is 6.77. The van der Waals surface area contributed by atoms with Crippen LogP contribution in [0.15, 0.2) is 0 Å². The molecule has 0 spiro atoms. The third-order valence-corrected chi connectivity index (χ3v) is 2.22. The second kappa shape index (κ2) is 7.84. The van der Waals surface area contributed by atoms with Crippen molar-refractivity contribution in [2.45, 2.75) is 47.0 Å². The molecule has 1 rings (SSSR count). The predicted octanol–water partition coefficient (Wildman–Crippen LogP) is 2.68. The molecule has 5 nitrogen and oxygen atoms in total. The summed E-state index contributed by atoms with van der Waals surface area (Å²) in [7, 11) is 0. The maximum absolute atomic E-state index is 5.50. The quantitative estimate of drug-likeness (QED) is 0.770. The van der Waals surface area contributed by atoms with Crippen molar-refractivity contribution >= 4 is 5.95 Å². The standard InChI is InChI=1S/C13H24N4O/c1-5-7-14-12-15-11(9-10(3)4)16-13(17-12)18-8-6-2/h10H,5-9H2,1-4H3,(H,14,15,16,17). The van der Waals surface area contributed by atoms with E-state index >= 15 is 0 Å². The number of nitrogens with one attached hydrogen (secondary N) is 1. The Morgan fingerprint density at radius 1 is 1.11 bits per heavy atom. The zero-order valence-electron chi connectivity index (χ0n) is 11.9. The van der Waals surface area contributed by atoms with Gasteiger partial charge in [0, 0.05) is 13.0 Å². The largest absolute Gasteiger partial charge is 0.463 e. The lowest BCUT2D eigenvalue weighted by atomic mass is 10.1. The minimum atomic E-state index is 0.432. The van der Waals surface area contributed by atoms with Crippen LogP contribution in [0.3, 0.4) is 0 Å². The molecule has 0 aromatic carbocycles. The second-order valence-electron chi connectivity index (χ2n) is 4.73. The summed E-state index contributed by atoms with van der Waals surface area (Å²) in [6.07, 6.45) is 2.82. The highest BCUT2D eigenvalue weighted by Crippen LogP contribution is 2.11. The summed E-state index contributed by atoms with van der Waals surface area (Å²) in [5, 5.41) is 3.18. The van der Waals surface area contributed by atoms with Crippen LogP contribution in [-0.2, 0) is 6.42 Å². The normalized spacial score (nSPS) is 10.7. The molecule has 1 heterocycles. The van der Waals surface area contributed by atoms with Crippen molar-refractivity contribution in [1.29, 1.82) is 0 Å². The number of anilines is 1. The summed E-state index contributed by atoms with van der Waals surface area (Å²) in [5.41, 5.74) is 0. The highest BCUT2D eigenvalue weighted by Gasteiger charge is 2.08. The number of nitrogens with zero attached hydrogens (tertiary/aromatic N) is 3. The van der Waals surface area contributed by atoms with E-state index in [9.17, 15) is 0 Å². The van der Waals surface area contributed by atoms with Crippen LogP contribution in [0.25, 0.3) is 0 Å². The molecule has 0 saturated heterocycles. The fourth-order valence-corrected chi connectivity index (χ4v) is 1.43. The van der Waals surface area contributed by atoms with E-state index in [0.717, 1.165) is 31.6 Å². The fourth-order valence-electron chi connectivity index (χ4n) is 1.43. The average Bonchev–Trinajstić information content (AvgIpc) is 2.33. The lowest BCUT2D eigenvalue weighted by Gasteiger charge is -2.09. The van der Waals surface area contributed by atoms with Crippen LogP contribution < -0.4 is 10.1 Å². The smallest absolute Gasteiger partial charge is 0.321 e. The molecular formula is C13H24N4O. The Morgan fingerprint density at radius 3 is 2.50 bits per heavy atom. The van der Waals surface area contributed by atoms with E-state index in [1.165, 1.54) is 0 Å². The molecule has 0 unspecified atom stereocenters. The van der Waals surface area contributed by atoms with Crippen LogP contribution in [0.1, 0.15) is 46.4 Å². The van der Waals surface area contributed by atoms with Crippen molar-refractivity contribution in [2.75, 3.05) is 18.5 Å². The summed E-state index contributed by atoms with van der Waals surface area (Å²) in [6.45, 7) is 9.96. The van der Waals surface area contributed by atoms with Gasteiger partial charge in [0.05, 0.1) is 6.61 Å². The molecule has 0 radical (unpaired) electrons. The van der Waals surface area contributed by atoms with E-state index < -0.39 is 0 Å². The van der Waals surface area contributed by atoms with Crippen LogP contribution in [0, 0.1) is 5.92 Å². The molecule has 102 valence electrons. The van der Waals surface area contributed by atoms with E-state index in [4.69, 9.17) is 4.74 Å². The maximum atomic E-state index is 5.50. The maximum Gasteiger partial charge on any atom is 0.321 e. The Morgan fingerprint density at radius 2 is 1.89 bits per heavy atom. The van der Waals surface area contributed by atoms with Crippen LogP contribution in [0.2, 0.25) is 0 Å². The van der Waals surface area contributed by atoms with Crippen LogP contribution in [0.4, 0.5) is 5.95 Å². The summed E-state index contributed by atoms with van der Waals surface area (Å²) in [5.74, 6) is 1.93. The minimum Gasteiger partial charge on any atom is -0.463 e. The van der Waals surface area contributed by atoms with Gasteiger partial charge < -0.3 is 10.1 Å². The van der Waals surface area contributed by atoms with Crippen molar-refractivity contribution in [3.05, 3.63) is 5.82 Å². The lowest BCUT2D eigenvalue weighted by molar-refractivity contribution is 0.290. The van der Waals surface area contributed by atoms with E-state index in [1.54, 1.807) is 0 Å². The molecular weight excluding hydrogens is 228 g/mol. The number of hydrogen-bond acceptors (Lipinski definition) is 5. The van der Waals surface area contributed by atoms with E-state index in [1.807, 2.05) is 0 Å². The number of aromatic nitrogens is 3. The first-order valence-electron chi connectivity index (χ1n) is 6.77. The van der Waals surface area contributed by atoms with Gasteiger partial charge in [-0.3, -0.25) is 0 Å². The topological polar surface area (TPSA) is 59.9 Å². The molecule has 1 aromatic rings. The summed E-state index contributed by atoms with van der Waals surface area (Å²) in [6, 6.07) is 0.432. The molecule has 18 heavy (non-hydrogen) atoms. The van der Waals surface area contributed by atoms with Crippen molar-refractivity contribution in [3.63, 3.8) is 0 Å². The zero-order valence-corrected chi connectivity index (χ0v) is 11.9. The molecule has 0 atom stereocenters. The summed E-state index contributed by atoms with van der Waals surface area (Å²) < 4.78 is 5.50. The fraction of sp³-hybridized carbons (Fsp3) is 0.769. The van der Waals surface area contributed by atoms with Crippen LogP contribution in [-0.4, -0.2) is 28.1 Å². The van der Waals surface area contributed by atoms with Gasteiger partial charge in [0.25, 0.3) is 0 Å². The molecule has 0 bridgehead atoms. The molecule has 0 aliphatic rings. The van der Waals surface area contributed by atoms with E-state index in [2.05, 4.69) is 48.0 Å². The Labute approximate surface area is 109 Å². The molecule has 0 saturated carbocycles. The SMILES string of the molecule is CCCNc1nc(CC(C)C)nc(OCCC)n1. The van der Waals surface area contributed by atoms with Crippen molar-refractivity contribution in [2.24, 2.45) is 5.92 Å². The molecule has 0 aliphatic heterocycles. The average molecular weight is 252 g/mol. The molecule has 0 aliphatic carbocycles. The van der Waals surface area contributed by atoms with E-state index in [-0.39, 0.29) is 0 Å². The minimum absolute atomic E-state index is 0.432. The van der Waals surface area contributed by atoms with E-state index in [0.29, 0.717) is 24.5 Å². The summed E-state index contributed by atoms with van der Waals surface area (Å²) in [4.78, 5) is 13.0. The van der Waals surface area contributed by atoms with Crippen LogP contribution >= 0.6 is 0 Å². The Hall–Kier alpha value is -1.39. The molecule has 0 fully saturated rings. The van der Waals surface area contributed by atoms with Gasteiger partial charge in [-0.1, -0.05) is 27.7 Å². The van der Waals surface area contributed by atoms with Gasteiger partial charge >= 0.3 is 6.01 Å². The van der Waals surface area contributed by atoms with Gasteiger partial charge in [-0.25, -0.2) is 0 Å². The highest BCUT2D eigenvalue weighted by molar-refractivity contribution is 5.25. The summed E-state index contributed by atoms with van der Waals surface area (Å²) >= 11 is 0. The van der Waals surface area contributed by atoms with Gasteiger partial charge in [0.2, 0.25) is 5.95 Å². The predicted molar refractivity (Wildman–Crippen MR) is 72.9 cm³/mol. The van der Waals surface area contributed by atoms with Gasteiger partial charge in [0.15, 0.2) is 0 Å². The first-order chi connectivity index (χ1) is 8.65. The Balaban J connectivity index is 2.81. The number of rotatable bonds is 8. The number of ether oxygens (including phenoxy) is 1. The molecule has 0 amide bonds.